The Morgan fingerprint density at radius 1 is 0.365 bits per heavy atom. The summed E-state index contributed by atoms with van der Waals surface area (Å²) >= 11 is 4.08. The van der Waals surface area contributed by atoms with Gasteiger partial charge in [-0.2, -0.15) is 0 Å². The molecule has 0 atom stereocenters. The molecule has 4 aromatic rings. The van der Waals surface area contributed by atoms with Gasteiger partial charge in [-0.15, -0.1) is 0 Å². The molecule has 52 heavy (non-hydrogen) atoms. The van der Waals surface area contributed by atoms with E-state index in [9.17, 15) is 0 Å². The molecule has 0 aliphatic rings. The molecule has 0 fully saturated rings. The Morgan fingerprint density at radius 3 is 0.962 bits per heavy atom. The van der Waals surface area contributed by atoms with Crippen molar-refractivity contribution in [2.24, 2.45) is 0 Å². The van der Waals surface area contributed by atoms with Crippen LogP contribution in [0.1, 0.15) is 153 Å². The van der Waals surface area contributed by atoms with Crippen LogP contribution in [0.5, 0.6) is 0 Å². The molecular weight excluding hydrogens is 918 g/mol. The standard InChI is InChI=1S/C40H56S4.6CH3.2Sn/c1-3-5-7-9-11-13-15-17-19-21-23-33-29-31-41-39(33)37-27-25-35(43-37)36-26-28-38(44-36)40-34(30-32-42-40)24-22-20-18-16-14-12-10-8-6-4-2;;;;;;;;/h25-30H,3-24H2,1-2H3;6*1H3;;. The molecule has 290 valence electrons. The van der Waals surface area contributed by atoms with E-state index in [0.29, 0.717) is 0 Å². The first kappa shape index (κ1) is 45.1. The van der Waals surface area contributed by atoms with Crippen molar-refractivity contribution in [1.29, 1.82) is 0 Å². The van der Waals surface area contributed by atoms with Gasteiger partial charge in [-0.25, -0.2) is 0 Å². The molecule has 0 unspecified atom stereocenters. The van der Waals surface area contributed by atoms with Crippen LogP contribution in [0.25, 0.3) is 29.3 Å². The molecule has 0 spiro atoms. The monoisotopic (exact) mass is 994 g/mol. The van der Waals surface area contributed by atoms with Gasteiger partial charge in [0, 0.05) is 0 Å². The van der Waals surface area contributed by atoms with Crippen molar-refractivity contribution in [2.45, 2.75) is 185 Å². The van der Waals surface area contributed by atoms with E-state index in [4.69, 9.17) is 0 Å². The summed E-state index contributed by atoms with van der Waals surface area (Å²) in [4.78, 5) is 24.6. The third kappa shape index (κ3) is 15.0. The number of aryl methyl sites for hydroxylation is 2. The van der Waals surface area contributed by atoms with Gasteiger partial charge in [0.15, 0.2) is 0 Å². The second-order valence-corrected chi connectivity index (χ2v) is 52.7. The van der Waals surface area contributed by atoms with Crippen LogP contribution in [0.4, 0.5) is 0 Å². The summed E-state index contributed by atoms with van der Waals surface area (Å²) in [6.45, 7) is 4.63. The van der Waals surface area contributed by atoms with E-state index in [2.05, 4.69) is 103 Å². The Labute approximate surface area is 345 Å². The van der Waals surface area contributed by atoms with Crippen LogP contribution in [0.15, 0.2) is 36.4 Å². The van der Waals surface area contributed by atoms with Crippen molar-refractivity contribution in [1.82, 2.24) is 0 Å². The molecule has 4 rings (SSSR count). The van der Waals surface area contributed by atoms with Gasteiger partial charge in [0.05, 0.1) is 0 Å². The van der Waals surface area contributed by atoms with Crippen molar-refractivity contribution in [3.05, 3.63) is 47.5 Å². The van der Waals surface area contributed by atoms with E-state index < -0.39 is 36.8 Å². The maximum absolute atomic E-state index is 2.65. The van der Waals surface area contributed by atoms with Gasteiger partial charge in [-0.3, -0.25) is 0 Å². The van der Waals surface area contributed by atoms with Crippen molar-refractivity contribution in [2.75, 3.05) is 0 Å². The SMILES string of the molecule is CCCCCCCCCCCCc1c[c]([Sn]([CH3])([CH3])[CH3])sc1-c1ccc(-c2ccc(-c3s[c]([Sn]([CH3])([CH3])[CH3])cc3CCCCCCCCCCCC)s2)s1. The Morgan fingerprint density at radius 2 is 0.654 bits per heavy atom. The number of rotatable bonds is 27. The molecule has 0 aromatic carbocycles. The normalized spacial score (nSPS) is 12.4. The molecular formula is C46H74S4Sn2. The number of hydrogen-bond donors (Lipinski definition) is 0. The fourth-order valence-corrected chi connectivity index (χ4v) is 22.6. The fourth-order valence-electron chi connectivity index (χ4n) is 7.18. The summed E-state index contributed by atoms with van der Waals surface area (Å²) in [5.41, 5.74) is 3.28. The first-order valence-corrected chi connectivity index (χ1v) is 44.7. The zero-order valence-corrected chi connectivity index (χ0v) is 43.6. The summed E-state index contributed by atoms with van der Waals surface area (Å²) in [7, 11) is 0. The quantitative estimate of drug-likeness (QED) is 0.0413. The molecule has 0 nitrogen and oxygen atoms in total. The molecule has 0 radical (unpaired) electrons. The fraction of sp³-hybridized carbons (Fsp3) is 0.652. The molecule has 0 aliphatic heterocycles. The van der Waals surface area contributed by atoms with Crippen molar-refractivity contribution < 1.29 is 0 Å². The summed E-state index contributed by atoms with van der Waals surface area (Å²) in [5, 5.41) is 0. The summed E-state index contributed by atoms with van der Waals surface area (Å²) in [5.74, 6) is 0. The van der Waals surface area contributed by atoms with Crippen molar-refractivity contribution in [3.63, 3.8) is 0 Å². The molecule has 0 bridgehead atoms. The zero-order chi connectivity index (χ0) is 37.4. The van der Waals surface area contributed by atoms with Crippen LogP contribution >= 0.6 is 45.3 Å². The van der Waals surface area contributed by atoms with Gasteiger partial charge < -0.3 is 0 Å². The van der Waals surface area contributed by atoms with Crippen molar-refractivity contribution >= 4 is 87.9 Å². The van der Waals surface area contributed by atoms with Gasteiger partial charge in [0.2, 0.25) is 0 Å². The average Bonchev–Trinajstić information content (AvgIpc) is 3.91. The number of thiophene rings is 4. The average molecular weight is 993 g/mol. The van der Waals surface area contributed by atoms with Crippen LogP contribution in [0, 0.1) is 0 Å². The summed E-state index contributed by atoms with van der Waals surface area (Å²) < 4.78 is 3.49. The molecule has 0 aliphatic carbocycles. The van der Waals surface area contributed by atoms with Crippen LogP contribution in [0.2, 0.25) is 29.6 Å². The summed E-state index contributed by atoms with van der Waals surface area (Å²) in [6.07, 6.45) is 30.7. The number of hydrogen-bond acceptors (Lipinski definition) is 4. The topological polar surface area (TPSA) is 0 Å². The van der Waals surface area contributed by atoms with E-state index in [0.717, 1.165) is 0 Å². The van der Waals surface area contributed by atoms with Gasteiger partial charge in [0.1, 0.15) is 0 Å². The second-order valence-electron chi connectivity index (χ2n) is 17.6. The minimum absolute atomic E-state index is 1.25. The van der Waals surface area contributed by atoms with Gasteiger partial charge in [-0.05, 0) is 0 Å². The van der Waals surface area contributed by atoms with E-state index in [-0.39, 0.29) is 0 Å². The van der Waals surface area contributed by atoms with Gasteiger partial charge in [0.25, 0.3) is 0 Å². The predicted octanol–water partition coefficient (Wildman–Crippen LogP) is 17.0. The summed E-state index contributed by atoms with van der Waals surface area (Å²) in [6, 6.07) is 15.0. The van der Waals surface area contributed by atoms with E-state index in [1.807, 2.05) is 22.7 Å². The van der Waals surface area contributed by atoms with Crippen LogP contribution in [-0.2, 0) is 12.8 Å². The van der Waals surface area contributed by atoms with E-state index in [1.54, 1.807) is 26.7 Å². The third-order valence-electron chi connectivity index (χ3n) is 10.6. The molecule has 6 heteroatoms. The van der Waals surface area contributed by atoms with Crippen molar-refractivity contribution in [3.8, 4) is 29.3 Å². The molecule has 0 N–H and O–H groups in total. The number of unbranched alkanes of at least 4 members (excludes halogenated alkanes) is 18. The Bertz CT molecular complexity index is 1440. The van der Waals surface area contributed by atoms with Gasteiger partial charge in [-0.1, -0.05) is 39.5 Å². The van der Waals surface area contributed by atoms with Crippen LogP contribution in [-0.4, -0.2) is 36.8 Å². The minimum atomic E-state index is -2.15. The molecule has 4 heterocycles. The van der Waals surface area contributed by atoms with E-state index in [1.165, 1.54) is 161 Å². The van der Waals surface area contributed by atoms with E-state index >= 15 is 0 Å². The first-order valence-electron chi connectivity index (χ1n) is 21.5. The zero-order valence-electron chi connectivity index (χ0n) is 34.7. The molecule has 0 saturated carbocycles. The van der Waals surface area contributed by atoms with Gasteiger partial charge >= 0.3 is 310 Å². The third-order valence-corrected chi connectivity index (χ3v) is 34.5. The molecule has 0 amide bonds. The Hall–Kier alpha value is 0.397. The van der Waals surface area contributed by atoms with Crippen LogP contribution < -0.4 is 5.79 Å². The first-order chi connectivity index (χ1) is 25.0. The Balaban J connectivity index is 1.38. The molecule has 4 aromatic heterocycles. The second kappa shape index (κ2) is 23.6. The van der Waals surface area contributed by atoms with Crippen LogP contribution in [0.3, 0.4) is 0 Å². The predicted molar refractivity (Wildman–Crippen MR) is 251 cm³/mol. The molecule has 0 saturated heterocycles. The Kier molecular flexibility index (Phi) is 20.5. The maximum atomic E-state index is 2.65.